The normalized spacial score (nSPS) is 12.9. The van der Waals surface area contributed by atoms with Crippen molar-refractivity contribution in [3.8, 4) is 0 Å². The Morgan fingerprint density at radius 2 is 0.370 bits per heavy atom. The van der Waals surface area contributed by atoms with Gasteiger partial charge in [-0.2, -0.15) is 0 Å². The van der Waals surface area contributed by atoms with E-state index < -0.39 is 55.0 Å². The fourth-order valence-electron chi connectivity index (χ4n) is 15.3. The lowest BCUT2D eigenvalue weighted by molar-refractivity contribution is -0.174. The molecule has 9 heteroatoms. The van der Waals surface area contributed by atoms with Crippen LogP contribution in [0.4, 0.5) is 0 Å². The Labute approximate surface area is 671 Å². The van der Waals surface area contributed by atoms with E-state index in [4.69, 9.17) is 14.2 Å². The van der Waals surface area contributed by atoms with Crippen molar-refractivity contribution in [2.24, 2.45) is 17.8 Å². The maximum absolute atomic E-state index is 14.8. The van der Waals surface area contributed by atoms with Gasteiger partial charge in [-0.3, -0.25) is 28.8 Å². The smallest absolute Gasteiger partial charge is 0.316 e. The summed E-state index contributed by atoms with van der Waals surface area (Å²) in [4.78, 5) is 87.1. The highest BCUT2D eigenvalue weighted by Gasteiger charge is 2.34. The summed E-state index contributed by atoms with van der Waals surface area (Å²) in [5, 5.41) is 0. The minimum atomic E-state index is -1.23. The monoisotopic (exact) mass is 1520 g/mol. The summed E-state index contributed by atoms with van der Waals surface area (Å²) in [5.41, 5.74) is 0. The Morgan fingerprint density at radius 1 is 0.204 bits per heavy atom. The summed E-state index contributed by atoms with van der Waals surface area (Å²) in [7, 11) is 0. The highest BCUT2D eigenvalue weighted by atomic mass is 16.6. The van der Waals surface area contributed by atoms with Crippen LogP contribution in [0.5, 0.6) is 0 Å². The van der Waals surface area contributed by atoms with Gasteiger partial charge in [0, 0.05) is 19.3 Å². The zero-order chi connectivity index (χ0) is 78.6. The molecule has 0 rings (SSSR count). The minimum absolute atomic E-state index is 0.106. The van der Waals surface area contributed by atoms with Gasteiger partial charge in [0.05, 0.1) is 0 Å². The number of allylic oxidation sites excluding steroid dienone is 6. The van der Waals surface area contributed by atoms with Crippen molar-refractivity contribution in [3.05, 3.63) is 36.5 Å². The molecule has 0 aromatic carbocycles. The van der Waals surface area contributed by atoms with Crippen molar-refractivity contribution < 1.29 is 43.0 Å². The maximum Gasteiger partial charge on any atom is 0.316 e. The van der Waals surface area contributed by atoms with Gasteiger partial charge in [0.15, 0.2) is 6.10 Å². The van der Waals surface area contributed by atoms with Crippen LogP contribution in [0.3, 0.4) is 0 Å². The van der Waals surface area contributed by atoms with E-state index in [2.05, 4.69) is 78.0 Å². The van der Waals surface area contributed by atoms with Crippen molar-refractivity contribution >= 4 is 35.3 Å². The second kappa shape index (κ2) is 86.1. The van der Waals surface area contributed by atoms with Gasteiger partial charge in [-0.05, 0) is 116 Å². The number of unbranched alkanes of at least 4 members (excludes halogenated alkanes) is 60. The molecule has 9 nitrogen and oxygen atoms in total. The van der Waals surface area contributed by atoms with Gasteiger partial charge < -0.3 is 14.2 Å². The first kappa shape index (κ1) is 105. The van der Waals surface area contributed by atoms with Crippen molar-refractivity contribution in [3.63, 3.8) is 0 Å². The van der Waals surface area contributed by atoms with E-state index in [0.29, 0.717) is 57.8 Å². The predicted molar refractivity (Wildman–Crippen MR) is 465 cm³/mol. The van der Waals surface area contributed by atoms with Crippen LogP contribution >= 0.6 is 0 Å². The zero-order valence-corrected chi connectivity index (χ0v) is 72.9. The van der Waals surface area contributed by atoms with Crippen molar-refractivity contribution in [1.29, 1.82) is 0 Å². The molecular weight excluding hydrogens is 1330 g/mol. The highest BCUT2D eigenvalue weighted by Crippen LogP contribution is 2.26. The SMILES string of the molecule is CCCCCCCCC=CCCCCCCCC(=O)C(CCCCCCCCCCCC)C(=O)OCC(COC(=O)C(CCCCCCCCCCCC)C(=O)CCCCCCCC=CCCCCCCCC)OC(=O)C(CCCCCCCCCCCC)C(=O)CCCCCCCC=CCCCCCCCC. The number of hydrogen-bond acceptors (Lipinski definition) is 9. The number of rotatable bonds is 89. The quantitative estimate of drug-likeness (QED) is 0.0192. The third kappa shape index (κ3) is 71.7. The van der Waals surface area contributed by atoms with Gasteiger partial charge in [0.25, 0.3) is 0 Å². The molecule has 0 heterocycles. The fourth-order valence-corrected chi connectivity index (χ4v) is 15.3. The lowest BCUT2D eigenvalue weighted by Gasteiger charge is -2.23. The topological polar surface area (TPSA) is 130 Å². The number of esters is 3. The molecular formula is C99H182O9. The Morgan fingerprint density at radius 3 is 0.574 bits per heavy atom. The minimum Gasteiger partial charge on any atom is -0.461 e. The van der Waals surface area contributed by atoms with Gasteiger partial charge in [-0.1, -0.05) is 425 Å². The van der Waals surface area contributed by atoms with Crippen LogP contribution in [0.15, 0.2) is 36.5 Å². The molecule has 0 aliphatic carbocycles. The summed E-state index contributed by atoms with van der Waals surface area (Å²) in [6.07, 6.45) is 94.0. The maximum atomic E-state index is 14.8. The van der Waals surface area contributed by atoms with Crippen molar-refractivity contribution in [1.82, 2.24) is 0 Å². The van der Waals surface area contributed by atoms with Crippen molar-refractivity contribution in [2.45, 2.75) is 529 Å². The Hall–Kier alpha value is -3.36. The highest BCUT2D eigenvalue weighted by molar-refractivity contribution is 6.00. The Balaban J connectivity index is 6.76. The summed E-state index contributed by atoms with van der Waals surface area (Å²) >= 11 is 0. The molecule has 0 fully saturated rings. The fraction of sp³-hybridized carbons (Fsp3) is 0.879. The van der Waals surface area contributed by atoms with E-state index in [0.717, 1.165) is 186 Å². The number of carbonyl (C=O) groups excluding carboxylic acids is 6. The molecule has 0 saturated carbocycles. The number of ether oxygens (including phenoxy) is 3. The van der Waals surface area contributed by atoms with Crippen LogP contribution in [0.25, 0.3) is 0 Å². The second-order valence-corrected chi connectivity index (χ2v) is 33.3. The zero-order valence-electron chi connectivity index (χ0n) is 72.9. The van der Waals surface area contributed by atoms with Crippen LogP contribution in [0, 0.1) is 17.8 Å². The first-order valence-electron chi connectivity index (χ1n) is 48.2. The number of ketones is 3. The van der Waals surface area contributed by atoms with Crippen LogP contribution in [0.2, 0.25) is 0 Å². The van der Waals surface area contributed by atoms with E-state index in [1.54, 1.807) is 0 Å². The van der Waals surface area contributed by atoms with Gasteiger partial charge in [0.2, 0.25) is 0 Å². The van der Waals surface area contributed by atoms with E-state index in [1.165, 1.54) is 231 Å². The molecule has 0 aromatic rings. The van der Waals surface area contributed by atoms with Crippen LogP contribution in [-0.2, 0) is 43.0 Å². The van der Waals surface area contributed by atoms with Gasteiger partial charge >= 0.3 is 17.9 Å². The molecule has 632 valence electrons. The molecule has 0 saturated heterocycles. The van der Waals surface area contributed by atoms with Crippen LogP contribution in [-0.4, -0.2) is 54.6 Å². The average Bonchev–Trinajstić information content (AvgIpc) is 0.878. The molecule has 0 amide bonds. The number of Topliss-reactive ketones (excluding diaryl/α,β-unsaturated/α-hetero) is 3. The summed E-state index contributed by atoms with van der Waals surface area (Å²) < 4.78 is 18.6. The standard InChI is InChI=1S/C99H182O9/c1-7-13-19-25-31-37-43-46-49-52-55-61-67-73-79-85-94(100)91(82-76-70-64-58-40-34-28-22-16-10-4)97(103)106-88-90(108-99(105)93(84-78-72-66-60-42-36-30-24-18-12-6)96(102)87-81-75-69-63-57-54-51-48-45-39-33-27-21-15-9-3)89-107-98(104)92(83-77-71-65-59-41-35-29-23-17-11-5)95(101)86-80-74-68-62-56-53-50-47-44-38-32-26-20-14-8-2/h46-51,90-93H,7-45,52-89H2,1-6H3. The third-order valence-corrected chi connectivity index (χ3v) is 22.7. The lowest BCUT2D eigenvalue weighted by atomic mass is 9.92. The van der Waals surface area contributed by atoms with Crippen molar-refractivity contribution in [2.75, 3.05) is 13.2 Å². The van der Waals surface area contributed by atoms with E-state index in [1.807, 2.05) is 0 Å². The Kier molecular flexibility index (Phi) is 83.4. The molecule has 3 atom stereocenters. The van der Waals surface area contributed by atoms with Gasteiger partial charge in [-0.25, -0.2) is 0 Å². The summed E-state index contributed by atoms with van der Waals surface area (Å²) in [6.45, 7) is 12.7. The molecule has 0 aliphatic rings. The summed E-state index contributed by atoms with van der Waals surface area (Å²) in [6, 6.07) is 0. The molecule has 0 spiro atoms. The molecule has 108 heavy (non-hydrogen) atoms. The van der Waals surface area contributed by atoms with Crippen LogP contribution < -0.4 is 0 Å². The van der Waals surface area contributed by atoms with Gasteiger partial charge in [-0.15, -0.1) is 0 Å². The largest absolute Gasteiger partial charge is 0.461 e. The number of hydrogen-bond donors (Lipinski definition) is 0. The molecule has 0 aromatic heterocycles. The average molecular weight is 1520 g/mol. The van der Waals surface area contributed by atoms with Crippen LogP contribution in [0.1, 0.15) is 523 Å². The molecule has 3 unspecified atom stereocenters. The first-order valence-corrected chi connectivity index (χ1v) is 48.2. The first-order chi connectivity index (χ1) is 53.1. The predicted octanol–water partition coefficient (Wildman–Crippen LogP) is 31.6. The lowest BCUT2D eigenvalue weighted by Crippen LogP contribution is -2.38. The third-order valence-electron chi connectivity index (χ3n) is 22.7. The van der Waals surface area contributed by atoms with Gasteiger partial charge in [0.1, 0.15) is 48.3 Å². The molecule has 0 aliphatic heterocycles. The Bertz CT molecular complexity index is 1960. The number of carbonyl (C=O) groups is 6. The van der Waals surface area contributed by atoms with E-state index in [-0.39, 0.29) is 23.8 Å². The molecule has 0 bridgehead atoms. The summed E-state index contributed by atoms with van der Waals surface area (Å²) in [5.74, 6) is -5.19. The second-order valence-electron chi connectivity index (χ2n) is 33.3. The molecule has 0 radical (unpaired) electrons. The van der Waals surface area contributed by atoms with E-state index in [9.17, 15) is 28.8 Å². The van der Waals surface area contributed by atoms with E-state index >= 15 is 0 Å². The molecule has 0 N–H and O–H groups in total.